The predicted octanol–water partition coefficient (Wildman–Crippen LogP) is 1.10. The summed E-state index contributed by atoms with van der Waals surface area (Å²) in [5.74, 6) is -0.570. The largest absolute Gasteiger partial charge is 0.354 e. The first-order valence-electron chi connectivity index (χ1n) is 6.80. The van der Waals surface area contributed by atoms with Crippen molar-refractivity contribution < 1.29 is 9.59 Å². The molecule has 0 saturated heterocycles. The number of benzene rings is 1. The summed E-state index contributed by atoms with van der Waals surface area (Å²) in [5.41, 5.74) is 6.16. The molecule has 0 unspecified atom stereocenters. The first-order chi connectivity index (χ1) is 9.82. The van der Waals surface area contributed by atoms with Gasteiger partial charge >= 0.3 is 0 Å². The van der Waals surface area contributed by atoms with E-state index in [0.29, 0.717) is 11.6 Å². The molecule has 0 aromatic heterocycles. The second kappa shape index (κ2) is 8.00. The van der Waals surface area contributed by atoms with Crippen LogP contribution in [0.25, 0.3) is 0 Å². The van der Waals surface area contributed by atoms with Gasteiger partial charge in [-0.15, -0.1) is 0 Å². The second-order valence-electron chi connectivity index (χ2n) is 5.73. The Balaban J connectivity index is 2.42. The molecule has 5 nitrogen and oxygen atoms in total. The summed E-state index contributed by atoms with van der Waals surface area (Å²) >= 11 is 5.97. The monoisotopic (exact) mass is 311 g/mol. The molecule has 0 heterocycles. The number of carbonyl (C=O) groups is 2. The number of hydrogen-bond acceptors (Lipinski definition) is 3. The molecule has 0 radical (unpaired) electrons. The van der Waals surface area contributed by atoms with Gasteiger partial charge in [0.2, 0.25) is 11.8 Å². The van der Waals surface area contributed by atoms with Crippen molar-refractivity contribution in [2.24, 2.45) is 11.1 Å². The average Bonchev–Trinajstić information content (AvgIpc) is 2.42. The second-order valence-corrected chi connectivity index (χ2v) is 6.16. The van der Waals surface area contributed by atoms with E-state index in [2.05, 4.69) is 24.5 Å². The molecular weight excluding hydrogens is 290 g/mol. The highest BCUT2D eigenvalue weighted by molar-refractivity contribution is 6.30. The van der Waals surface area contributed by atoms with Crippen LogP contribution in [0, 0.1) is 5.41 Å². The van der Waals surface area contributed by atoms with Crippen molar-refractivity contribution in [1.29, 1.82) is 0 Å². The zero-order valence-corrected chi connectivity index (χ0v) is 13.2. The molecule has 1 aromatic rings. The van der Waals surface area contributed by atoms with E-state index < -0.39 is 0 Å². The van der Waals surface area contributed by atoms with Gasteiger partial charge in [-0.05, 0) is 29.5 Å². The van der Waals surface area contributed by atoms with E-state index in [1.54, 1.807) is 0 Å². The third-order valence-electron chi connectivity index (χ3n) is 2.97. The third kappa shape index (κ3) is 7.11. The minimum Gasteiger partial charge on any atom is -0.354 e. The Labute approximate surface area is 130 Å². The lowest BCUT2D eigenvalue weighted by molar-refractivity contribution is -0.125. The molecule has 0 aliphatic rings. The topological polar surface area (TPSA) is 84.2 Å². The van der Waals surface area contributed by atoms with Crippen molar-refractivity contribution in [1.82, 2.24) is 10.6 Å². The van der Waals surface area contributed by atoms with Crippen molar-refractivity contribution >= 4 is 23.4 Å². The maximum atomic E-state index is 11.6. The molecule has 1 aromatic carbocycles. The van der Waals surface area contributed by atoms with Gasteiger partial charge in [-0.3, -0.25) is 9.59 Å². The van der Waals surface area contributed by atoms with Crippen LogP contribution in [0.4, 0.5) is 0 Å². The molecule has 0 aliphatic heterocycles. The fraction of sp³-hybridized carbons (Fsp3) is 0.467. The summed E-state index contributed by atoms with van der Waals surface area (Å²) in [5, 5.41) is 5.95. The Morgan fingerprint density at radius 3 is 2.57 bits per heavy atom. The van der Waals surface area contributed by atoms with E-state index in [1.165, 1.54) is 0 Å². The van der Waals surface area contributed by atoms with E-state index in [-0.39, 0.29) is 30.3 Å². The Morgan fingerprint density at radius 2 is 1.95 bits per heavy atom. The Bertz CT molecular complexity index is 503. The number of nitrogens with two attached hydrogens (primary N) is 1. The highest BCUT2D eigenvalue weighted by Gasteiger charge is 2.19. The lowest BCUT2D eigenvalue weighted by atomic mass is 9.85. The first-order valence-corrected chi connectivity index (χ1v) is 7.18. The van der Waals surface area contributed by atoms with Gasteiger partial charge in [0.05, 0.1) is 13.1 Å². The standard InChI is InChI=1S/C15H22ClN3O2/c1-15(2,7-11-4-3-5-12(16)6-11)10-19-14(21)9-18-13(20)8-17/h3-6H,7-10,17H2,1-2H3,(H,18,20)(H,19,21). The van der Waals surface area contributed by atoms with Crippen LogP contribution in [0.5, 0.6) is 0 Å². The number of carbonyl (C=O) groups excluding carboxylic acids is 2. The van der Waals surface area contributed by atoms with Crippen molar-refractivity contribution in [3.63, 3.8) is 0 Å². The van der Waals surface area contributed by atoms with E-state index in [1.807, 2.05) is 24.3 Å². The lowest BCUT2D eigenvalue weighted by Crippen LogP contribution is -2.42. The van der Waals surface area contributed by atoms with E-state index in [0.717, 1.165) is 12.0 Å². The first kappa shape index (κ1) is 17.5. The van der Waals surface area contributed by atoms with E-state index in [9.17, 15) is 9.59 Å². The molecule has 0 atom stereocenters. The summed E-state index contributed by atoms with van der Waals surface area (Å²) in [7, 11) is 0. The molecule has 0 fully saturated rings. The van der Waals surface area contributed by atoms with Gasteiger partial charge in [0, 0.05) is 11.6 Å². The molecule has 0 bridgehead atoms. The summed E-state index contributed by atoms with van der Waals surface area (Å²) < 4.78 is 0. The Morgan fingerprint density at radius 1 is 1.24 bits per heavy atom. The smallest absolute Gasteiger partial charge is 0.239 e. The van der Waals surface area contributed by atoms with Crippen molar-refractivity contribution in [3.8, 4) is 0 Å². The van der Waals surface area contributed by atoms with Crippen molar-refractivity contribution in [2.75, 3.05) is 19.6 Å². The van der Waals surface area contributed by atoms with Crippen LogP contribution < -0.4 is 16.4 Å². The van der Waals surface area contributed by atoms with Crippen LogP contribution in [0.3, 0.4) is 0 Å². The van der Waals surface area contributed by atoms with E-state index in [4.69, 9.17) is 17.3 Å². The van der Waals surface area contributed by atoms with Gasteiger partial charge in [-0.2, -0.15) is 0 Å². The van der Waals surface area contributed by atoms with Crippen LogP contribution in [0.1, 0.15) is 19.4 Å². The minimum atomic E-state index is -0.344. The SMILES string of the molecule is CC(C)(CNC(=O)CNC(=O)CN)Cc1cccc(Cl)c1. The molecular formula is C15H22ClN3O2. The molecule has 0 saturated carbocycles. The summed E-state index contributed by atoms with van der Waals surface area (Å²) in [6.07, 6.45) is 0.795. The zero-order valence-electron chi connectivity index (χ0n) is 12.4. The van der Waals surface area contributed by atoms with Crippen molar-refractivity contribution in [3.05, 3.63) is 34.9 Å². The number of rotatable bonds is 7. The Hall–Kier alpha value is -1.59. The molecule has 1 rings (SSSR count). The molecule has 21 heavy (non-hydrogen) atoms. The molecule has 2 amide bonds. The van der Waals surface area contributed by atoms with E-state index >= 15 is 0 Å². The van der Waals surface area contributed by atoms with Crippen molar-refractivity contribution in [2.45, 2.75) is 20.3 Å². The fourth-order valence-corrected chi connectivity index (χ4v) is 2.13. The van der Waals surface area contributed by atoms with Crippen LogP contribution in [-0.4, -0.2) is 31.4 Å². The highest BCUT2D eigenvalue weighted by Crippen LogP contribution is 2.22. The quantitative estimate of drug-likeness (QED) is 0.705. The number of halogens is 1. The van der Waals surface area contributed by atoms with Gasteiger partial charge < -0.3 is 16.4 Å². The number of nitrogens with one attached hydrogen (secondary N) is 2. The number of amides is 2. The summed E-state index contributed by atoms with van der Waals surface area (Å²) in [4.78, 5) is 22.6. The Kier molecular flexibility index (Phi) is 6.65. The van der Waals surface area contributed by atoms with Gasteiger partial charge in [-0.1, -0.05) is 37.6 Å². The normalized spacial score (nSPS) is 11.0. The predicted molar refractivity (Wildman–Crippen MR) is 84.0 cm³/mol. The highest BCUT2D eigenvalue weighted by atomic mass is 35.5. The maximum Gasteiger partial charge on any atom is 0.239 e. The fourth-order valence-electron chi connectivity index (χ4n) is 1.91. The minimum absolute atomic E-state index is 0.0523. The zero-order chi connectivity index (χ0) is 15.9. The van der Waals surface area contributed by atoms with Gasteiger partial charge in [0.25, 0.3) is 0 Å². The molecule has 4 N–H and O–H groups in total. The molecule has 0 aliphatic carbocycles. The maximum absolute atomic E-state index is 11.6. The molecule has 6 heteroatoms. The van der Waals surface area contributed by atoms with Crippen LogP contribution in [0.15, 0.2) is 24.3 Å². The summed E-state index contributed by atoms with van der Waals surface area (Å²) in [6.45, 7) is 4.47. The lowest BCUT2D eigenvalue weighted by Gasteiger charge is -2.25. The van der Waals surface area contributed by atoms with Gasteiger partial charge in [-0.25, -0.2) is 0 Å². The van der Waals surface area contributed by atoms with Gasteiger partial charge in [0.1, 0.15) is 0 Å². The van der Waals surface area contributed by atoms with Crippen LogP contribution in [-0.2, 0) is 16.0 Å². The molecule has 0 spiro atoms. The number of hydrogen-bond donors (Lipinski definition) is 3. The third-order valence-corrected chi connectivity index (χ3v) is 3.20. The molecule has 116 valence electrons. The van der Waals surface area contributed by atoms with Gasteiger partial charge in [0.15, 0.2) is 0 Å². The average molecular weight is 312 g/mol. The van der Waals surface area contributed by atoms with Crippen LogP contribution >= 0.6 is 11.6 Å². The van der Waals surface area contributed by atoms with Crippen LogP contribution in [0.2, 0.25) is 5.02 Å². The summed E-state index contributed by atoms with van der Waals surface area (Å²) in [6, 6.07) is 7.68.